The molecule has 1 aromatic rings. The van der Waals surface area contributed by atoms with Crippen LogP contribution in [0.3, 0.4) is 0 Å². The van der Waals surface area contributed by atoms with Crippen molar-refractivity contribution < 1.29 is 14.3 Å². The molecule has 6 heteroatoms. The summed E-state index contributed by atoms with van der Waals surface area (Å²) in [7, 11) is 0. The summed E-state index contributed by atoms with van der Waals surface area (Å²) in [6.07, 6.45) is 3.74. The SMILES string of the molecule is O=C(CN1CCN(C(=O)C2Cc3ccccc3O2)CC1)N1CCCCC1. The Labute approximate surface area is 154 Å². The van der Waals surface area contributed by atoms with Gasteiger partial charge in [-0.1, -0.05) is 18.2 Å². The molecule has 140 valence electrons. The van der Waals surface area contributed by atoms with Crippen LogP contribution in [0, 0.1) is 0 Å². The monoisotopic (exact) mass is 357 g/mol. The average molecular weight is 357 g/mol. The molecule has 1 aromatic carbocycles. The van der Waals surface area contributed by atoms with E-state index in [0.29, 0.717) is 26.1 Å². The molecular formula is C20H27N3O3. The number of carbonyl (C=O) groups excluding carboxylic acids is 2. The van der Waals surface area contributed by atoms with Crippen LogP contribution in [0.1, 0.15) is 24.8 Å². The van der Waals surface area contributed by atoms with Crippen molar-refractivity contribution in [3.8, 4) is 5.75 Å². The largest absolute Gasteiger partial charge is 0.480 e. The van der Waals surface area contributed by atoms with Crippen LogP contribution in [0.4, 0.5) is 0 Å². The smallest absolute Gasteiger partial charge is 0.264 e. The van der Waals surface area contributed by atoms with Crippen molar-refractivity contribution >= 4 is 11.8 Å². The number of nitrogens with zero attached hydrogens (tertiary/aromatic N) is 3. The lowest BCUT2D eigenvalue weighted by molar-refractivity contribution is -0.140. The van der Waals surface area contributed by atoms with Gasteiger partial charge in [0.2, 0.25) is 5.91 Å². The van der Waals surface area contributed by atoms with Crippen molar-refractivity contribution in [3.63, 3.8) is 0 Å². The van der Waals surface area contributed by atoms with E-state index in [1.54, 1.807) is 0 Å². The van der Waals surface area contributed by atoms with Gasteiger partial charge >= 0.3 is 0 Å². The van der Waals surface area contributed by atoms with Gasteiger partial charge in [-0.05, 0) is 30.9 Å². The highest BCUT2D eigenvalue weighted by molar-refractivity contribution is 5.83. The number of rotatable bonds is 3. The molecule has 0 spiro atoms. The summed E-state index contributed by atoms with van der Waals surface area (Å²) in [5.74, 6) is 1.14. The lowest BCUT2D eigenvalue weighted by Gasteiger charge is -2.36. The minimum absolute atomic E-state index is 0.0724. The van der Waals surface area contributed by atoms with Gasteiger partial charge in [0.15, 0.2) is 6.10 Å². The van der Waals surface area contributed by atoms with Crippen molar-refractivity contribution in [2.75, 3.05) is 45.8 Å². The second-order valence-corrected chi connectivity index (χ2v) is 7.46. The fourth-order valence-corrected chi connectivity index (χ4v) is 4.08. The van der Waals surface area contributed by atoms with Gasteiger partial charge in [-0.15, -0.1) is 0 Å². The summed E-state index contributed by atoms with van der Waals surface area (Å²) in [6, 6.07) is 7.86. The average Bonchev–Trinajstić information content (AvgIpc) is 3.13. The highest BCUT2D eigenvalue weighted by atomic mass is 16.5. The first-order chi connectivity index (χ1) is 12.7. The number of para-hydroxylation sites is 1. The Morgan fingerprint density at radius 1 is 0.923 bits per heavy atom. The number of carbonyl (C=O) groups is 2. The molecule has 2 saturated heterocycles. The molecule has 0 radical (unpaired) electrons. The van der Waals surface area contributed by atoms with E-state index in [1.807, 2.05) is 34.1 Å². The molecule has 26 heavy (non-hydrogen) atoms. The quantitative estimate of drug-likeness (QED) is 0.814. The van der Waals surface area contributed by atoms with Crippen LogP contribution in [-0.4, -0.2) is 78.4 Å². The number of fused-ring (bicyclic) bond motifs is 1. The Morgan fingerprint density at radius 3 is 2.38 bits per heavy atom. The lowest BCUT2D eigenvalue weighted by Crippen LogP contribution is -2.54. The number of piperidine rings is 1. The lowest BCUT2D eigenvalue weighted by atomic mass is 10.1. The van der Waals surface area contributed by atoms with Crippen LogP contribution in [-0.2, 0) is 16.0 Å². The molecule has 2 fully saturated rings. The van der Waals surface area contributed by atoms with Crippen molar-refractivity contribution in [2.24, 2.45) is 0 Å². The van der Waals surface area contributed by atoms with Crippen LogP contribution in [0.25, 0.3) is 0 Å². The van der Waals surface area contributed by atoms with E-state index in [9.17, 15) is 9.59 Å². The predicted molar refractivity (Wildman–Crippen MR) is 98.0 cm³/mol. The molecule has 0 aliphatic carbocycles. The Kier molecular flexibility index (Phi) is 5.11. The third kappa shape index (κ3) is 3.70. The topological polar surface area (TPSA) is 53.1 Å². The molecule has 0 bridgehead atoms. The number of piperazine rings is 1. The number of hydrogen-bond donors (Lipinski definition) is 0. The second-order valence-electron chi connectivity index (χ2n) is 7.46. The van der Waals surface area contributed by atoms with Gasteiger partial charge in [0.25, 0.3) is 5.91 Å². The first kappa shape index (κ1) is 17.3. The highest BCUT2D eigenvalue weighted by Crippen LogP contribution is 2.29. The third-order valence-electron chi connectivity index (χ3n) is 5.67. The number of ether oxygens (including phenoxy) is 1. The van der Waals surface area contributed by atoms with E-state index in [2.05, 4.69) is 4.90 Å². The van der Waals surface area contributed by atoms with Gasteiger partial charge in [0.05, 0.1) is 6.54 Å². The Morgan fingerprint density at radius 2 is 1.65 bits per heavy atom. The fraction of sp³-hybridized carbons (Fsp3) is 0.600. The first-order valence-corrected chi connectivity index (χ1v) is 9.74. The van der Waals surface area contributed by atoms with Gasteiger partial charge < -0.3 is 14.5 Å². The highest BCUT2D eigenvalue weighted by Gasteiger charge is 2.34. The number of hydrogen-bond acceptors (Lipinski definition) is 4. The molecule has 6 nitrogen and oxygen atoms in total. The van der Waals surface area contributed by atoms with Gasteiger partial charge in [-0.25, -0.2) is 0 Å². The molecule has 3 aliphatic rings. The Balaban J connectivity index is 1.25. The summed E-state index contributed by atoms with van der Waals surface area (Å²) in [5.41, 5.74) is 1.11. The van der Waals surface area contributed by atoms with E-state index in [1.165, 1.54) is 6.42 Å². The maximum absolute atomic E-state index is 12.8. The third-order valence-corrected chi connectivity index (χ3v) is 5.67. The fourth-order valence-electron chi connectivity index (χ4n) is 4.08. The molecule has 1 atom stereocenters. The Bertz CT molecular complexity index is 639. The number of likely N-dealkylation sites (tertiary alicyclic amines) is 1. The molecule has 4 rings (SSSR count). The van der Waals surface area contributed by atoms with Crippen molar-refractivity contribution in [1.82, 2.24) is 14.7 Å². The normalized spacial score (nSPS) is 23.5. The minimum Gasteiger partial charge on any atom is -0.480 e. The van der Waals surface area contributed by atoms with E-state index < -0.39 is 6.10 Å². The van der Waals surface area contributed by atoms with E-state index in [-0.39, 0.29) is 11.8 Å². The molecule has 2 amide bonds. The summed E-state index contributed by atoms with van der Waals surface area (Å²) in [4.78, 5) is 31.2. The van der Waals surface area contributed by atoms with Crippen LogP contribution >= 0.6 is 0 Å². The number of benzene rings is 1. The van der Waals surface area contributed by atoms with Gasteiger partial charge in [0.1, 0.15) is 5.75 Å². The summed E-state index contributed by atoms with van der Waals surface area (Å²) in [5, 5.41) is 0. The van der Waals surface area contributed by atoms with Crippen LogP contribution in [0.2, 0.25) is 0 Å². The van der Waals surface area contributed by atoms with Crippen molar-refractivity contribution in [3.05, 3.63) is 29.8 Å². The van der Waals surface area contributed by atoms with E-state index in [4.69, 9.17) is 4.74 Å². The van der Waals surface area contributed by atoms with Gasteiger partial charge in [0, 0.05) is 45.7 Å². The summed E-state index contributed by atoms with van der Waals surface area (Å²) in [6.45, 7) is 5.13. The van der Waals surface area contributed by atoms with E-state index in [0.717, 1.165) is 50.3 Å². The van der Waals surface area contributed by atoms with Crippen LogP contribution in [0.15, 0.2) is 24.3 Å². The van der Waals surface area contributed by atoms with Crippen molar-refractivity contribution in [1.29, 1.82) is 0 Å². The molecular weight excluding hydrogens is 330 g/mol. The molecule has 0 saturated carbocycles. The summed E-state index contributed by atoms with van der Waals surface area (Å²) >= 11 is 0. The van der Waals surface area contributed by atoms with Gasteiger partial charge in [-0.3, -0.25) is 14.5 Å². The van der Waals surface area contributed by atoms with E-state index >= 15 is 0 Å². The second kappa shape index (κ2) is 7.66. The van der Waals surface area contributed by atoms with Crippen LogP contribution in [0.5, 0.6) is 5.75 Å². The maximum Gasteiger partial charge on any atom is 0.264 e. The molecule has 0 aromatic heterocycles. The molecule has 3 aliphatic heterocycles. The predicted octanol–water partition coefficient (Wildman–Crippen LogP) is 1.15. The molecule has 0 N–H and O–H groups in total. The van der Waals surface area contributed by atoms with Gasteiger partial charge in [-0.2, -0.15) is 0 Å². The zero-order valence-electron chi connectivity index (χ0n) is 15.2. The summed E-state index contributed by atoms with van der Waals surface area (Å²) < 4.78 is 5.83. The van der Waals surface area contributed by atoms with Crippen LogP contribution < -0.4 is 4.74 Å². The maximum atomic E-state index is 12.8. The Hall–Kier alpha value is -2.08. The molecule has 1 unspecified atom stereocenters. The molecule has 3 heterocycles. The van der Waals surface area contributed by atoms with Crippen molar-refractivity contribution in [2.45, 2.75) is 31.8 Å². The zero-order chi connectivity index (χ0) is 17.9. The minimum atomic E-state index is -0.395. The number of amides is 2. The zero-order valence-corrected chi connectivity index (χ0v) is 15.2. The first-order valence-electron chi connectivity index (χ1n) is 9.74. The standard InChI is InChI=1S/C20H27N3O3/c24-19(22-8-4-1-5-9-22)15-21-10-12-23(13-11-21)20(25)18-14-16-6-2-3-7-17(16)26-18/h2-3,6-7,18H,1,4-5,8-15H2.